The molecule has 0 fully saturated rings. The van der Waals surface area contributed by atoms with Crippen molar-refractivity contribution in [2.75, 3.05) is 0 Å². The molecule has 0 amide bonds. The van der Waals surface area contributed by atoms with Crippen molar-refractivity contribution in [3.8, 4) is 50.4 Å². The first kappa shape index (κ1) is 28.1. The average molecular weight is 648 g/mol. The summed E-state index contributed by atoms with van der Waals surface area (Å²) in [6.07, 6.45) is 0. The van der Waals surface area contributed by atoms with Crippen LogP contribution in [0.4, 0.5) is 0 Å². The molecular formula is C43H29N5S. The molecule has 0 radical (unpaired) electrons. The van der Waals surface area contributed by atoms with Crippen LogP contribution in [0.5, 0.6) is 0 Å². The third-order valence-electron chi connectivity index (χ3n) is 9.89. The fourth-order valence-electron chi connectivity index (χ4n) is 7.45. The number of rotatable bonds is 4. The molecule has 0 aliphatic heterocycles. The van der Waals surface area contributed by atoms with Crippen LogP contribution in [0.15, 0.2) is 140 Å². The van der Waals surface area contributed by atoms with E-state index in [4.69, 9.17) is 19.9 Å². The van der Waals surface area contributed by atoms with Gasteiger partial charge in [0.05, 0.1) is 21.3 Å². The van der Waals surface area contributed by atoms with Crippen LogP contribution < -0.4 is 0 Å². The predicted octanol–water partition coefficient (Wildman–Crippen LogP) is 10.9. The molecule has 0 atom stereocenters. The zero-order chi connectivity index (χ0) is 32.7. The number of thiazole rings is 1. The van der Waals surface area contributed by atoms with E-state index in [1.807, 2.05) is 42.5 Å². The van der Waals surface area contributed by atoms with Crippen molar-refractivity contribution in [3.63, 3.8) is 0 Å². The lowest BCUT2D eigenvalue weighted by molar-refractivity contribution is 0.661. The van der Waals surface area contributed by atoms with Crippen LogP contribution in [0, 0.1) is 0 Å². The highest BCUT2D eigenvalue weighted by Gasteiger charge is 2.36. The summed E-state index contributed by atoms with van der Waals surface area (Å²) in [6.45, 7) is 4.65. The Morgan fingerprint density at radius 1 is 0.510 bits per heavy atom. The second kappa shape index (κ2) is 10.5. The summed E-state index contributed by atoms with van der Waals surface area (Å²) in [4.78, 5) is 20.5. The Hall–Kier alpha value is -5.98. The smallest absolute Gasteiger partial charge is 0.238 e. The molecule has 49 heavy (non-hydrogen) atoms. The molecule has 10 rings (SSSR count). The molecule has 0 bridgehead atoms. The Kier molecular flexibility index (Phi) is 6.02. The lowest BCUT2D eigenvalue weighted by Crippen LogP contribution is -2.15. The Bertz CT molecular complexity index is 2670. The summed E-state index contributed by atoms with van der Waals surface area (Å²) in [7, 11) is 0. The van der Waals surface area contributed by atoms with Gasteiger partial charge in [-0.25, -0.2) is 9.97 Å². The highest BCUT2D eigenvalue weighted by molar-refractivity contribution is 7.21. The average Bonchev–Trinajstić information content (AvgIpc) is 3.78. The van der Waals surface area contributed by atoms with Crippen molar-refractivity contribution in [3.05, 3.63) is 151 Å². The number of fused-ring (bicyclic) bond motifs is 7. The maximum Gasteiger partial charge on any atom is 0.238 e. The minimum absolute atomic E-state index is 0.155. The predicted molar refractivity (Wildman–Crippen MR) is 201 cm³/mol. The molecule has 9 aromatic rings. The molecule has 1 aliphatic carbocycles. The minimum Gasteiger partial charge on any atom is -0.278 e. The molecule has 3 aromatic heterocycles. The van der Waals surface area contributed by atoms with E-state index in [1.54, 1.807) is 11.3 Å². The van der Waals surface area contributed by atoms with E-state index in [9.17, 15) is 0 Å². The summed E-state index contributed by atoms with van der Waals surface area (Å²) in [5.74, 6) is 1.85. The van der Waals surface area contributed by atoms with Crippen molar-refractivity contribution in [2.45, 2.75) is 19.3 Å². The maximum absolute atomic E-state index is 5.20. The fraction of sp³-hybridized carbons (Fsp3) is 0.0698. The molecule has 6 aromatic carbocycles. The Morgan fingerprint density at radius 3 is 1.76 bits per heavy atom. The van der Waals surface area contributed by atoms with Gasteiger partial charge in [0.25, 0.3) is 0 Å². The van der Waals surface area contributed by atoms with Crippen molar-refractivity contribution in [2.24, 2.45) is 0 Å². The van der Waals surface area contributed by atoms with Gasteiger partial charge in [0.1, 0.15) is 5.01 Å². The van der Waals surface area contributed by atoms with E-state index < -0.39 is 0 Å². The third-order valence-corrected chi connectivity index (χ3v) is 11.0. The lowest BCUT2D eigenvalue weighted by Gasteiger charge is -2.21. The first-order chi connectivity index (χ1) is 24.0. The van der Waals surface area contributed by atoms with Gasteiger partial charge >= 0.3 is 0 Å². The van der Waals surface area contributed by atoms with E-state index in [0.717, 1.165) is 48.3 Å². The first-order valence-electron chi connectivity index (χ1n) is 16.5. The van der Waals surface area contributed by atoms with E-state index in [-0.39, 0.29) is 5.41 Å². The highest BCUT2D eigenvalue weighted by atomic mass is 32.1. The molecule has 6 heteroatoms. The van der Waals surface area contributed by atoms with Gasteiger partial charge in [-0.15, -0.1) is 11.3 Å². The van der Waals surface area contributed by atoms with Gasteiger partial charge in [-0.2, -0.15) is 9.97 Å². The number of nitrogens with zero attached hydrogens (tertiary/aromatic N) is 5. The van der Waals surface area contributed by atoms with Crippen molar-refractivity contribution < 1.29 is 0 Å². The maximum atomic E-state index is 5.20. The number of hydrogen-bond donors (Lipinski definition) is 0. The summed E-state index contributed by atoms with van der Waals surface area (Å²) in [5, 5.41) is 3.33. The van der Waals surface area contributed by atoms with Crippen molar-refractivity contribution in [1.29, 1.82) is 0 Å². The monoisotopic (exact) mass is 647 g/mol. The standard InChI is InChI=1S/C43H29N5S/c1-43(2)33-21-13-12-20-29(33)30-22-31-32-23-38-35(44-41(49-38)28-18-10-5-11-19-28)25-37(32)48(36(31)24-34(30)43)42-46-39(26-14-6-3-7-15-26)45-40(47-42)27-16-8-4-9-17-27/h3-25H,1-2H3. The van der Waals surface area contributed by atoms with E-state index in [2.05, 4.69) is 115 Å². The Labute approximate surface area is 287 Å². The molecule has 0 unspecified atom stereocenters. The molecule has 0 spiro atoms. The van der Waals surface area contributed by atoms with Gasteiger partial charge in [-0.1, -0.05) is 129 Å². The van der Waals surface area contributed by atoms with Gasteiger partial charge < -0.3 is 0 Å². The number of benzene rings is 6. The Balaban J connectivity index is 1.31. The third kappa shape index (κ3) is 4.31. The van der Waals surface area contributed by atoms with Crippen LogP contribution in [0.2, 0.25) is 0 Å². The second-order valence-electron chi connectivity index (χ2n) is 13.2. The zero-order valence-electron chi connectivity index (χ0n) is 26.9. The van der Waals surface area contributed by atoms with Crippen LogP contribution in [0.3, 0.4) is 0 Å². The fourth-order valence-corrected chi connectivity index (χ4v) is 8.44. The summed E-state index contributed by atoms with van der Waals surface area (Å²) in [6, 6.07) is 48.8. The lowest BCUT2D eigenvalue weighted by atomic mass is 9.82. The largest absolute Gasteiger partial charge is 0.278 e. The van der Waals surface area contributed by atoms with Gasteiger partial charge in [0.15, 0.2) is 11.6 Å². The number of aromatic nitrogens is 5. The molecule has 0 N–H and O–H groups in total. The second-order valence-corrected chi connectivity index (χ2v) is 14.2. The van der Waals surface area contributed by atoms with Gasteiger partial charge in [0.2, 0.25) is 5.95 Å². The summed E-state index contributed by atoms with van der Waals surface area (Å²) >= 11 is 1.73. The van der Waals surface area contributed by atoms with E-state index >= 15 is 0 Å². The van der Waals surface area contributed by atoms with Gasteiger partial charge in [-0.3, -0.25) is 4.57 Å². The van der Waals surface area contributed by atoms with Gasteiger partial charge in [0, 0.05) is 32.9 Å². The van der Waals surface area contributed by atoms with Crippen LogP contribution in [0.1, 0.15) is 25.0 Å². The number of hydrogen-bond acceptors (Lipinski definition) is 5. The van der Waals surface area contributed by atoms with Crippen LogP contribution in [-0.4, -0.2) is 24.5 Å². The zero-order valence-corrected chi connectivity index (χ0v) is 27.7. The van der Waals surface area contributed by atoms with E-state index in [0.29, 0.717) is 17.6 Å². The molecule has 1 aliphatic rings. The van der Waals surface area contributed by atoms with Crippen LogP contribution >= 0.6 is 11.3 Å². The molecule has 3 heterocycles. The molecule has 0 saturated heterocycles. The minimum atomic E-state index is -0.155. The van der Waals surface area contributed by atoms with Gasteiger partial charge in [-0.05, 0) is 46.5 Å². The normalized spacial score (nSPS) is 13.3. The summed E-state index contributed by atoms with van der Waals surface area (Å²) in [5.41, 5.74) is 11.1. The molecular weight excluding hydrogens is 619 g/mol. The Morgan fingerprint density at radius 2 is 1.08 bits per heavy atom. The quantitative estimate of drug-likeness (QED) is 0.191. The topological polar surface area (TPSA) is 56.5 Å². The van der Waals surface area contributed by atoms with Crippen LogP contribution in [0.25, 0.3) is 82.4 Å². The van der Waals surface area contributed by atoms with Crippen molar-refractivity contribution >= 4 is 43.4 Å². The summed E-state index contributed by atoms with van der Waals surface area (Å²) < 4.78 is 3.38. The van der Waals surface area contributed by atoms with Crippen LogP contribution in [-0.2, 0) is 5.41 Å². The van der Waals surface area contributed by atoms with Crippen molar-refractivity contribution in [1.82, 2.24) is 24.5 Å². The molecule has 5 nitrogen and oxygen atoms in total. The van der Waals surface area contributed by atoms with E-state index in [1.165, 1.54) is 27.6 Å². The SMILES string of the molecule is CC1(C)c2ccccc2-c2cc3c4cc5sc(-c6ccccc6)nc5cc4n(-c4nc(-c5ccccc5)nc(-c5ccccc5)n4)c3cc21. The highest BCUT2D eigenvalue weighted by Crippen LogP contribution is 2.51. The molecule has 232 valence electrons. The molecule has 0 saturated carbocycles. The first-order valence-corrected chi connectivity index (χ1v) is 17.3.